The molecule has 0 bridgehead atoms. The van der Waals surface area contributed by atoms with Crippen LogP contribution in [0.15, 0.2) is 18.2 Å². The van der Waals surface area contributed by atoms with Gasteiger partial charge in [0.1, 0.15) is 6.42 Å². The number of carbonyl (C=O) groups excluding carboxylic acids is 2. The Morgan fingerprint density at radius 3 is 2.55 bits per heavy atom. The van der Waals surface area contributed by atoms with Gasteiger partial charge in [-0.15, -0.1) is 0 Å². The Balaban J connectivity index is 0.832. The number of carbonyl (C=O) groups is 2. The van der Waals surface area contributed by atoms with Crippen LogP contribution in [-0.2, 0) is 25.5 Å². The monoisotopic (exact) mass is 648 g/mol. The number of hydrogen-bond acceptors (Lipinski definition) is 6. The van der Waals surface area contributed by atoms with Gasteiger partial charge in [-0.2, -0.15) is 0 Å². The molecule has 8 rings (SSSR count). The lowest BCUT2D eigenvalue weighted by atomic mass is 9.44. The highest BCUT2D eigenvalue weighted by Gasteiger charge is 2.69. The summed E-state index contributed by atoms with van der Waals surface area (Å²) in [6.45, 7) is 11.5. The molecule has 8 heteroatoms. The third-order valence-electron chi connectivity index (χ3n) is 14.8. The first-order chi connectivity index (χ1) is 22.6. The Hall–Kier alpha value is -2.32. The molecule has 12 atom stereocenters. The fraction of sp³-hybridized carbons (Fsp3) is 0.795. The van der Waals surface area contributed by atoms with E-state index in [-0.39, 0.29) is 36.9 Å². The molecule has 47 heavy (non-hydrogen) atoms. The van der Waals surface area contributed by atoms with Gasteiger partial charge in [0.25, 0.3) is 0 Å². The summed E-state index contributed by atoms with van der Waals surface area (Å²) < 4.78 is 24.3. The number of benzene rings is 1. The van der Waals surface area contributed by atoms with E-state index in [0.717, 1.165) is 60.7 Å². The van der Waals surface area contributed by atoms with Gasteiger partial charge in [-0.3, -0.25) is 9.59 Å². The van der Waals surface area contributed by atoms with Gasteiger partial charge < -0.3 is 29.6 Å². The minimum Gasteiger partial charge on any atom is -0.454 e. The third kappa shape index (κ3) is 5.39. The first-order valence-corrected chi connectivity index (χ1v) is 18.8. The van der Waals surface area contributed by atoms with Gasteiger partial charge in [0.15, 0.2) is 17.3 Å². The van der Waals surface area contributed by atoms with Gasteiger partial charge in [-0.05, 0) is 128 Å². The smallest absolute Gasteiger partial charge is 0.231 e. The molecule has 2 amide bonds. The van der Waals surface area contributed by atoms with Crippen LogP contribution in [0.2, 0.25) is 0 Å². The first-order valence-electron chi connectivity index (χ1n) is 18.8. The average Bonchev–Trinajstić information content (AvgIpc) is 3.70. The molecule has 3 heterocycles. The molecule has 2 N–H and O–H groups in total. The summed E-state index contributed by atoms with van der Waals surface area (Å²) in [5, 5.41) is 6.17. The van der Waals surface area contributed by atoms with E-state index < -0.39 is 0 Å². The van der Waals surface area contributed by atoms with E-state index >= 15 is 0 Å². The van der Waals surface area contributed by atoms with Crippen molar-refractivity contribution in [1.29, 1.82) is 0 Å². The van der Waals surface area contributed by atoms with E-state index in [4.69, 9.17) is 18.9 Å². The standard InChI is InChI=1S/C39H56N2O6/c1-23-9-15-39(46-21-23)24(2)36-33(47-39)19-30-28-7-6-26-18-27(10-13-37(26,3)29(28)11-14-38(30,36)4)41-35(43)20-34(42)40-16-12-25-5-8-31-32(17-25)45-22-44-31/h5,8,17,23-24,26-30,33,36H,6-7,9-16,18-22H2,1-4H3,(H,40,42)(H,41,43)/t23-,24+,26-,27-,28-,29+,30+,33+,36+,37+,38+,39-/m1/s1. The summed E-state index contributed by atoms with van der Waals surface area (Å²) in [5.74, 6) is 5.44. The Kier molecular flexibility index (Phi) is 8.10. The van der Waals surface area contributed by atoms with Crippen LogP contribution in [0.1, 0.15) is 104 Å². The molecule has 6 fully saturated rings. The van der Waals surface area contributed by atoms with Crippen LogP contribution in [0.3, 0.4) is 0 Å². The number of amides is 2. The zero-order valence-corrected chi connectivity index (χ0v) is 29.0. The molecular weight excluding hydrogens is 592 g/mol. The fourth-order valence-corrected chi connectivity index (χ4v) is 12.3. The van der Waals surface area contributed by atoms with Crippen molar-refractivity contribution in [1.82, 2.24) is 10.6 Å². The summed E-state index contributed by atoms with van der Waals surface area (Å²) in [5.41, 5.74) is 1.75. The average molecular weight is 649 g/mol. The highest BCUT2D eigenvalue weighted by molar-refractivity contribution is 5.96. The van der Waals surface area contributed by atoms with Crippen LogP contribution < -0.4 is 20.1 Å². The second-order valence-electron chi connectivity index (χ2n) is 17.2. The number of rotatable bonds is 6. The fourth-order valence-electron chi connectivity index (χ4n) is 12.3. The van der Waals surface area contributed by atoms with E-state index in [1.807, 2.05) is 18.2 Å². The summed E-state index contributed by atoms with van der Waals surface area (Å²) in [7, 11) is 0. The highest BCUT2D eigenvalue weighted by atomic mass is 16.7. The molecule has 3 aliphatic heterocycles. The van der Waals surface area contributed by atoms with E-state index in [1.165, 1.54) is 44.9 Å². The van der Waals surface area contributed by atoms with Gasteiger partial charge >= 0.3 is 0 Å². The summed E-state index contributed by atoms with van der Waals surface area (Å²) in [6.07, 6.45) is 12.8. The highest BCUT2D eigenvalue weighted by Crippen LogP contribution is 2.71. The van der Waals surface area contributed by atoms with Gasteiger partial charge in [0, 0.05) is 24.9 Å². The van der Waals surface area contributed by atoms with E-state index in [1.54, 1.807) is 0 Å². The summed E-state index contributed by atoms with van der Waals surface area (Å²) >= 11 is 0. The lowest BCUT2D eigenvalue weighted by molar-refractivity contribution is -0.273. The molecule has 1 aromatic carbocycles. The molecule has 4 aliphatic carbocycles. The lowest BCUT2D eigenvalue weighted by Gasteiger charge is -2.61. The van der Waals surface area contributed by atoms with Crippen LogP contribution in [-0.4, -0.2) is 49.7 Å². The molecule has 0 aromatic heterocycles. The van der Waals surface area contributed by atoms with Crippen LogP contribution >= 0.6 is 0 Å². The van der Waals surface area contributed by atoms with E-state index in [9.17, 15) is 9.59 Å². The van der Waals surface area contributed by atoms with Crippen LogP contribution in [0.4, 0.5) is 0 Å². The van der Waals surface area contributed by atoms with E-state index in [0.29, 0.717) is 53.6 Å². The van der Waals surface area contributed by atoms with Crippen molar-refractivity contribution in [2.24, 2.45) is 52.3 Å². The van der Waals surface area contributed by atoms with E-state index in [2.05, 4.69) is 38.3 Å². The topological polar surface area (TPSA) is 95.1 Å². The Morgan fingerprint density at radius 2 is 1.72 bits per heavy atom. The van der Waals surface area contributed by atoms with Gasteiger partial charge in [0.2, 0.25) is 18.6 Å². The largest absolute Gasteiger partial charge is 0.454 e. The molecule has 8 nitrogen and oxygen atoms in total. The molecular formula is C39H56N2O6. The van der Waals surface area contributed by atoms with Crippen molar-refractivity contribution in [3.8, 4) is 11.5 Å². The van der Waals surface area contributed by atoms with Gasteiger partial charge in [-0.1, -0.05) is 33.8 Å². The Labute approximate surface area is 280 Å². The summed E-state index contributed by atoms with van der Waals surface area (Å²) in [4.78, 5) is 25.5. The first kappa shape index (κ1) is 31.9. The predicted octanol–water partition coefficient (Wildman–Crippen LogP) is 6.40. The normalized spacial score (nSPS) is 44.6. The Bertz CT molecular complexity index is 1370. The van der Waals surface area contributed by atoms with Gasteiger partial charge in [0.05, 0.1) is 12.7 Å². The van der Waals surface area contributed by atoms with Crippen molar-refractivity contribution < 1.29 is 28.5 Å². The molecule has 7 aliphatic rings. The zero-order chi connectivity index (χ0) is 32.6. The minimum absolute atomic E-state index is 0.112. The van der Waals surface area contributed by atoms with Crippen LogP contribution in [0.25, 0.3) is 0 Å². The molecule has 0 unspecified atom stereocenters. The molecule has 1 aromatic rings. The van der Waals surface area contributed by atoms with Crippen LogP contribution in [0, 0.1) is 52.3 Å². The van der Waals surface area contributed by atoms with Crippen LogP contribution in [0.5, 0.6) is 11.5 Å². The maximum atomic E-state index is 12.9. The third-order valence-corrected chi connectivity index (χ3v) is 14.8. The number of fused-ring (bicyclic) bond motifs is 8. The maximum absolute atomic E-state index is 12.9. The predicted molar refractivity (Wildman–Crippen MR) is 178 cm³/mol. The second-order valence-corrected chi connectivity index (χ2v) is 17.2. The lowest BCUT2D eigenvalue weighted by Crippen LogP contribution is -2.56. The number of hydrogen-bond donors (Lipinski definition) is 2. The van der Waals surface area contributed by atoms with Crippen molar-refractivity contribution in [3.05, 3.63) is 23.8 Å². The zero-order valence-electron chi connectivity index (χ0n) is 29.0. The second kappa shape index (κ2) is 11.9. The molecule has 1 spiro atoms. The molecule has 258 valence electrons. The van der Waals surface area contributed by atoms with Crippen molar-refractivity contribution in [2.45, 2.75) is 123 Å². The summed E-state index contributed by atoms with van der Waals surface area (Å²) in [6, 6.07) is 6.00. The maximum Gasteiger partial charge on any atom is 0.231 e. The Morgan fingerprint density at radius 1 is 0.894 bits per heavy atom. The number of ether oxygens (including phenoxy) is 4. The van der Waals surface area contributed by atoms with Gasteiger partial charge in [-0.25, -0.2) is 0 Å². The molecule has 4 saturated carbocycles. The SMILES string of the molecule is C[C@@H]1CC[C@@]2(OC1)O[C@H]1C[C@H]3[C@@H]4CC[C@@H]5C[C@H](NC(=O)CC(=O)NCCc6ccc7c(c6)OCO7)CC[C@]5(C)[C@H]4CC[C@]3(C)[C@H]1[C@@H]2C. The number of nitrogens with one attached hydrogen (secondary N) is 2. The van der Waals surface area contributed by atoms with Crippen molar-refractivity contribution >= 4 is 11.8 Å². The molecule has 0 radical (unpaired) electrons. The molecule has 2 saturated heterocycles. The van der Waals surface area contributed by atoms with Crippen molar-refractivity contribution in [3.63, 3.8) is 0 Å². The van der Waals surface area contributed by atoms with Crippen molar-refractivity contribution in [2.75, 3.05) is 19.9 Å². The minimum atomic E-state index is -0.339. The quantitative estimate of drug-likeness (QED) is 0.347.